The average Bonchev–Trinajstić information content (AvgIpc) is 3.27. The van der Waals surface area contributed by atoms with E-state index in [1.54, 1.807) is 47.8 Å². The van der Waals surface area contributed by atoms with E-state index in [-0.39, 0.29) is 11.6 Å². The van der Waals surface area contributed by atoms with Crippen molar-refractivity contribution in [1.82, 2.24) is 14.1 Å². The molecule has 1 aliphatic heterocycles. The summed E-state index contributed by atoms with van der Waals surface area (Å²) in [5.41, 5.74) is 3.81. The highest BCUT2D eigenvalue weighted by atomic mass is 16.2. The SMILES string of the molecule is Cn1c(=O)n(C)c2cc(N3CCCC3)c(NC(=O)c3ccncc3)cc21. The average molecular weight is 351 g/mol. The van der Waals surface area contributed by atoms with Crippen molar-refractivity contribution in [2.75, 3.05) is 23.3 Å². The van der Waals surface area contributed by atoms with E-state index >= 15 is 0 Å². The standard InChI is InChI=1S/C19H21N5O2/c1-22-16-11-14(21-18(25)13-5-7-20-8-6-13)15(24-9-3-4-10-24)12-17(16)23(2)19(22)26/h5-8,11-12H,3-4,9-10H2,1-2H3,(H,21,25). The Morgan fingerprint density at radius 1 is 1.04 bits per heavy atom. The van der Waals surface area contributed by atoms with E-state index in [0.717, 1.165) is 48.3 Å². The van der Waals surface area contributed by atoms with Gasteiger partial charge in [-0.3, -0.25) is 18.9 Å². The van der Waals surface area contributed by atoms with Crippen LogP contribution in [0.5, 0.6) is 0 Å². The molecule has 1 N–H and O–H groups in total. The zero-order chi connectivity index (χ0) is 18.3. The summed E-state index contributed by atoms with van der Waals surface area (Å²) in [6.45, 7) is 1.90. The molecule has 7 nitrogen and oxygen atoms in total. The number of pyridine rings is 1. The molecule has 0 spiro atoms. The van der Waals surface area contributed by atoms with Crippen LogP contribution >= 0.6 is 0 Å². The second kappa shape index (κ2) is 6.33. The van der Waals surface area contributed by atoms with Crippen LogP contribution in [0.3, 0.4) is 0 Å². The monoisotopic (exact) mass is 351 g/mol. The van der Waals surface area contributed by atoms with Gasteiger partial charge in [0.15, 0.2) is 0 Å². The number of carbonyl (C=O) groups is 1. The van der Waals surface area contributed by atoms with Gasteiger partial charge in [0.05, 0.1) is 22.4 Å². The number of fused-ring (bicyclic) bond motifs is 1. The Balaban J connectivity index is 1.83. The molecule has 1 aliphatic rings. The van der Waals surface area contributed by atoms with E-state index in [9.17, 15) is 9.59 Å². The van der Waals surface area contributed by atoms with E-state index in [0.29, 0.717) is 5.56 Å². The maximum absolute atomic E-state index is 12.6. The van der Waals surface area contributed by atoms with Crippen molar-refractivity contribution in [2.45, 2.75) is 12.8 Å². The molecule has 0 saturated carbocycles. The first-order valence-electron chi connectivity index (χ1n) is 8.72. The number of rotatable bonds is 3. The lowest BCUT2D eigenvalue weighted by Crippen LogP contribution is -2.21. The summed E-state index contributed by atoms with van der Waals surface area (Å²) in [4.78, 5) is 31.2. The van der Waals surface area contributed by atoms with Crippen LogP contribution in [0, 0.1) is 0 Å². The molecule has 0 aliphatic carbocycles. The van der Waals surface area contributed by atoms with Gasteiger partial charge in [-0.15, -0.1) is 0 Å². The lowest BCUT2D eigenvalue weighted by Gasteiger charge is -2.22. The number of aryl methyl sites for hydroxylation is 2. The van der Waals surface area contributed by atoms with Crippen LogP contribution in [-0.2, 0) is 14.1 Å². The largest absolute Gasteiger partial charge is 0.370 e. The van der Waals surface area contributed by atoms with Gasteiger partial charge < -0.3 is 10.2 Å². The minimum Gasteiger partial charge on any atom is -0.370 e. The predicted molar refractivity (Wildman–Crippen MR) is 102 cm³/mol. The van der Waals surface area contributed by atoms with E-state index in [1.165, 1.54) is 0 Å². The van der Waals surface area contributed by atoms with Gasteiger partial charge in [-0.2, -0.15) is 0 Å². The molecule has 3 aromatic rings. The summed E-state index contributed by atoms with van der Waals surface area (Å²) in [5, 5.41) is 3.02. The van der Waals surface area contributed by atoms with E-state index in [1.807, 2.05) is 12.1 Å². The van der Waals surface area contributed by atoms with Crippen molar-refractivity contribution >= 4 is 28.3 Å². The first kappa shape index (κ1) is 16.4. The van der Waals surface area contributed by atoms with Crippen LogP contribution in [0.4, 0.5) is 11.4 Å². The highest BCUT2D eigenvalue weighted by Crippen LogP contribution is 2.33. The Kier molecular flexibility index (Phi) is 3.99. The quantitative estimate of drug-likeness (QED) is 0.785. The van der Waals surface area contributed by atoms with Gasteiger partial charge in [-0.25, -0.2) is 4.79 Å². The molecule has 4 rings (SSSR count). The molecule has 26 heavy (non-hydrogen) atoms. The number of aromatic nitrogens is 3. The number of anilines is 2. The summed E-state index contributed by atoms with van der Waals surface area (Å²) in [5.74, 6) is -0.187. The molecule has 0 unspecified atom stereocenters. The summed E-state index contributed by atoms with van der Waals surface area (Å²) in [6, 6.07) is 7.26. The Labute approximate surface area is 150 Å². The Morgan fingerprint density at radius 2 is 1.65 bits per heavy atom. The molecule has 1 fully saturated rings. The fourth-order valence-electron chi connectivity index (χ4n) is 3.55. The van der Waals surface area contributed by atoms with E-state index in [2.05, 4.69) is 15.2 Å². The summed E-state index contributed by atoms with van der Waals surface area (Å²) in [6.07, 6.45) is 5.45. The maximum atomic E-state index is 12.6. The Morgan fingerprint density at radius 3 is 2.31 bits per heavy atom. The third kappa shape index (κ3) is 2.65. The number of carbonyl (C=O) groups excluding carboxylic acids is 1. The van der Waals surface area contributed by atoms with E-state index in [4.69, 9.17) is 0 Å². The molecule has 0 bridgehead atoms. The molecule has 134 valence electrons. The third-order valence-corrected chi connectivity index (χ3v) is 5.03. The minimum absolute atomic E-state index is 0.0787. The van der Waals surface area contributed by atoms with Crippen LogP contribution in [-0.4, -0.2) is 33.1 Å². The molecule has 2 aromatic heterocycles. The van der Waals surface area contributed by atoms with Crippen LogP contribution in [0.1, 0.15) is 23.2 Å². The van der Waals surface area contributed by atoms with Gasteiger partial charge in [-0.1, -0.05) is 0 Å². The zero-order valence-electron chi connectivity index (χ0n) is 14.9. The third-order valence-electron chi connectivity index (χ3n) is 5.03. The zero-order valence-corrected chi connectivity index (χ0v) is 14.9. The van der Waals surface area contributed by atoms with Crippen LogP contribution in [0.2, 0.25) is 0 Å². The molecular weight excluding hydrogens is 330 g/mol. The van der Waals surface area contributed by atoms with Gasteiger partial charge in [-0.05, 0) is 37.1 Å². The highest BCUT2D eigenvalue weighted by molar-refractivity contribution is 6.07. The summed E-state index contributed by atoms with van der Waals surface area (Å²) in [7, 11) is 3.52. The maximum Gasteiger partial charge on any atom is 0.328 e. The topological polar surface area (TPSA) is 72.2 Å². The van der Waals surface area contributed by atoms with Crippen molar-refractivity contribution in [3.8, 4) is 0 Å². The normalized spacial score (nSPS) is 14.2. The second-order valence-corrected chi connectivity index (χ2v) is 6.64. The van der Waals surface area contributed by atoms with Crippen LogP contribution < -0.4 is 15.9 Å². The van der Waals surface area contributed by atoms with Gasteiger partial charge in [0.1, 0.15) is 0 Å². The first-order valence-corrected chi connectivity index (χ1v) is 8.72. The number of amides is 1. The lowest BCUT2D eigenvalue weighted by molar-refractivity contribution is 0.102. The summed E-state index contributed by atoms with van der Waals surface area (Å²) >= 11 is 0. The smallest absolute Gasteiger partial charge is 0.328 e. The molecule has 0 radical (unpaired) electrons. The molecule has 1 amide bonds. The van der Waals surface area contributed by atoms with Crippen molar-refractivity contribution in [3.05, 3.63) is 52.7 Å². The van der Waals surface area contributed by atoms with Crippen LogP contribution in [0.25, 0.3) is 11.0 Å². The fraction of sp³-hybridized carbons (Fsp3) is 0.316. The van der Waals surface area contributed by atoms with E-state index < -0.39 is 0 Å². The van der Waals surface area contributed by atoms with Gasteiger partial charge in [0, 0.05) is 45.1 Å². The predicted octanol–water partition coefficient (Wildman–Crippen LogP) is 2.12. The Bertz CT molecular complexity index is 1030. The lowest BCUT2D eigenvalue weighted by atomic mass is 10.2. The molecular formula is C19H21N5O2. The van der Waals surface area contributed by atoms with Gasteiger partial charge in [0.25, 0.3) is 5.91 Å². The van der Waals surface area contributed by atoms with Crippen LogP contribution in [0.15, 0.2) is 41.5 Å². The number of nitrogens with zero attached hydrogens (tertiary/aromatic N) is 4. The Hall–Kier alpha value is -3.09. The fourth-order valence-corrected chi connectivity index (χ4v) is 3.55. The van der Waals surface area contributed by atoms with Gasteiger partial charge >= 0.3 is 5.69 Å². The van der Waals surface area contributed by atoms with Gasteiger partial charge in [0.2, 0.25) is 0 Å². The van der Waals surface area contributed by atoms with Crippen molar-refractivity contribution in [1.29, 1.82) is 0 Å². The summed E-state index contributed by atoms with van der Waals surface area (Å²) < 4.78 is 3.24. The second-order valence-electron chi connectivity index (χ2n) is 6.64. The molecule has 7 heteroatoms. The molecule has 1 saturated heterocycles. The number of benzene rings is 1. The number of hydrogen-bond acceptors (Lipinski definition) is 4. The van der Waals surface area contributed by atoms with Crippen molar-refractivity contribution in [3.63, 3.8) is 0 Å². The molecule has 3 heterocycles. The minimum atomic E-state index is -0.187. The molecule has 0 atom stereocenters. The highest BCUT2D eigenvalue weighted by Gasteiger charge is 2.20. The first-order chi connectivity index (χ1) is 12.6. The number of imidazole rings is 1. The molecule has 1 aromatic carbocycles. The number of hydrogen-bond donors (Lipinski definition) is 1. The van der Waals surface area contributed by atoms with Crippen molar-refractivity contribution < 1.29 is 4.79 Å². The van der Waals surface area contributed by atoms with Crippen molar-refractivity contribution in [2.24, 2.45) is 14.1 Å². The number of nitrogens with one attached hydrogen (secondary N) is 1.